The molecular formula is C11H11N5. The van der Waals surface area contributed by atoms with Crippen molar-refractivity contribution in [2.24, 2.45) is 5.11 Å². The van der Waals surface area contributed by atoms with E-state index in [2.05, 4.69) is 20.0 Å². The molecule has 0 bridgehead atoms. The van der Waals surface area contributed by atoms with Crippen LogP contribution in [-0.2, 0) is 0 Å². The molecule has 16 heavy (non-hydrogen) atoms. The summed E-state index contributed by atoms with van der Waals surface area (Å²) in [4.78, 5) is 10.2. The molecule has 5 heteroatoms. The summed E-state index contributed by atoms with van der Waals surface area (Å²) in [6.45, 7) is 2.30. The first kappa shape index (κ1) is 10.3. The van der Waals surface area contributed by atoms with E-state index in [1.54, 1.807) is 0 Å². The maximum Gasteiger partial charge on any atom is 0.104 e. The predicted octanol–water partition coefficient (Wildman–Crippen LogP) is 3.19. The number of nitrogens with one attached hydrogen (secondary N) is 1. The number of aromatic nitrogens is 2. The van der Waals surface area contributed by atoms with Crippen LogP contribution < -0.4 is 0 Å². The smallest absolute Gasteiger partial charge is 0.104 e. The minimum atomic E-state index is 0.372. The number of imidazole rings is 1. The molecule has 0 aliphatic heterocycles. The van der Waals surface area contributed by atoms with E-state index < -0.39 is 0 Å². The van der Waals surface area contributed by atoms with E-state index in [-0.39, 0.29) is 0 Å². The Balaban J connectivity index is 2.25. The van der Waals surface area contributed by atoms with Crippen LogP contribution in [0.4, 0.5) is 0 Å². The Kier molecular flexibility index (Phi) is 2.89. The molecule has 0 aliphatic carbocycles. The molecule has 80 valence electrons. The Morgan fingerprint density at radius 1 is 1.56 bits per heavy atom. The fourth-order valence-corrected chi connectivity index (χ4v) is 1.53. The van der Waals surface area contributed by atoms with Gasteiger partial charge in [-0.15, -0.1) is 0 Å². The summed E-state index contributed by atoms with van der Waals surface area (Å²) in [5.41, 5.74) is 11.2. The molecule has 0 saturated carbocycles. The molecule has 0 radical (unpaired) electrons. The van der Waals surface area contributed by atoms with Gasteiger partial charge in [0.2, 0.25) is 0 Å². The van der Waals surface area contributed by atoms with Crippen molar-refractivity contribution >= 4 is 17.1 Å². The Labute approximate surface area is 92.4 Å². The van der Waals surface area contributed by atoms with Crippen molar-refractivity contribution in [2.45, 2.75) is 6.92 Å². The third-order valence-electron chi connectivity index (χ3n) is 2.18. The van der Waals surface area contributed by atoms with Gasteiger partial charge in [-0.25, -0.2) is 4.98 Å². The normalized spacial score (nSPS) is 10.8. The minimum Gasteiger partial charge on any atom is -0.342 e. The molecule has 0 spiro atoms. The highest BCUT2D eigenvalue weighted by molar-refractivity contribution is 5.78. The first-order chi connectivity index (χ1) is 7.79. The summed E-state index contributed by atoms with van der Waals surface area (Å²) in [6.07, 6.45) is 3.74. The van der Waals surface area contributed by atoms with Crippen molar-refractivity contribution in [2.75, 3.05) is 6.54 Å². The van der Waals surface area contributed by atoms with Crippen LogP contribution in [0.2, 0.25) is 0 Å². The van der Waals surface area contributed by atoms with Crippen molar-refractivity contribution in [3.05, 3.63) is 46.1 Å². The number of fused-ring (bicyclic) bond motifs is 1. The third kappa shape index (κ3) is 2.21. The van der Waals surface area contributed by atoms with Crippen molar-refractivity contribution in [1.29, 1.82) is 0 Å². The number of benzene rings is 1. The molecule has 2 aromatic rings. The second-order valence-electron chi connectivity index (χ2n) is 3.41. The summed E-state index contributed by atoms with van der Waals surface area (Å²) >= 11 is 0. The van der Waals surface area contributed by atoms with Crippen LogP contribution in [-0.4, -0.2) is 16.5 Å². The van der Waals surface area contributed by atoms with E-state index in [4.69, 9.17) is 5.53 Å². The van der Waals surface area contributed by atoms with Crippen LogP contribution in [0, 0.1) is 6.92 Å². The van der Waals surface area contributed by atoms with E-state index in [1.807, 2.05) is 37.3 Å². The lowest BCUT2D eigenvalue weighted by molar-refractivity contribution is 1.17. The number of hydrogen-bond donors (Lipinski definition) is 1. The molecule has 2 rings (SSSR count). The highest BCUT2D eigenvalue weighted by Gasteiger charge is 1.98. The number of hydrogen-bond acceptors (Lipinski definition) is 2. The zero-order chi connectivity index (χ0) is 11.4. The average molecular weight is 213 g/mol. The molecule has 0 amide bonds. The van der Waals surface area contributed by atoms with Gasteiger partial charge in [-0.1, -0.05) is 23.3 Å². The molecule has 0 saturated heterocycles. The number of aromatic amines is 1. The maximum absolute atomic E-state index is 8.12. The molecule has 5 nitrogen and oxygen atoms in total. The molecule has 1 aromatic carbocycles. The van der Waals surface area contributed by atoms with Crippen LogP contribution in [0.25, 0.3) is 27.6 Å². The monoisotopic (exact) mass is 213 g/mol. The number of aryl methyl sites for hydroxylation is 1. The number of rotatable bonds is 3. The number of azide groups is 1. The second kappa shape index (κ2) is 4.51. The second-order valence-corrected chi connectivity index (χ2v) is 3.41. The Morgan fingerprint density at radius 3 is 3.25 bits per heavy atom. The van der Waals surface area contributed by atoms with Gasteiger partial charge in [0.15, 0.2) is 0 Å². The first-order valence-corrected chi connectivity index (χ1v) is 4.93. The molecule has 0 unspecified atom stereocenters. The standard InChI is InChI=1S/C11H11N5/c1-8-14-10-5-4-9(7-11(10)15-8)3-2-6-13-16-12/h2-5,7H,6H2,1H3,(H,14,15). The van der Waals surface area contributed by atoms with Gasteiger partial charge in [-0.05, 0) is 30.2 Å². The van der Waals surface area contributed by atoms with E-state index in [9.17, 15) is 0 Å². The van der Waals surface area contributed by atoms with Crippen LogP contribution in [0.1, 0.15) is 11.4 Å². The predicted molar refractivity (Wildman–Crippen MR) is 63.9 cm³/mol. The molecule has 1 heterocycles. The number of H-pyrrole nitrogens is 1. The molecular weight excluding hydrogens is 202 g/mol. The van der Waals surface area contributed by atoms with Gasteiger partial charge in [0, 0.05) is 11.5 Å². The quantitative estimate of drug-likeness (QED) is 0.474. The van der Waals surface area contributed by atoms with Crippen molar-refractivity contribution in [3.8, 4) is 0 Å². The maximum atomic E-state index is 8.12. The summed E-state index contributed by atoms with van der Waals surface area (Å²) in [6, 6.07) is 5.96. The highest BCUT2D eigenvalue weighted by atomic mass is 15.1. The molecule has 0 fully saturated rings. The highest BCUT2D eigenvalue weighted by Crippen LogP contribution is 2.14. The molecule has 0 aliphatic rings. The Morgan fingerprint density at radius 2 is 2.44 bits per heavy atom. The van der Waals surface area contributed by atoms with Crippen molar-refractivity contribution in [3.63, 3.8) is 0 Å². The Bertz CT molecular complexity index is 575. The van der Waals surface area contributed by atoms with Gasteiger partial charge in [0.1, 0.15) is 5.82 Å². The molecule has 0 atom stereocenters. The minimum absolute atomic E-state index is 0.372. The fraction of sp³-hybridized carbons (Fsp3) is 0.182. The summed E-state index contributed by atoms with van der Waals surface area (Å²) in [5.74, 6) is 0.908. The van der Waals surface area contributed by atoms with Gasteiger partial charge in [-0.2, -0.15) is 0 Å². The van der Waals surface area contributed by atoms with E-state index in [0.29, 0.717) is 6.54 Å². The Hall–Kier alpha value is -2.26. The van der Waals surface area contributed by atoms with E-state index in [1.165, 1.54) is 0 Å². The lowest BCUT2D eigenvalue weighted by Crippen LogP contribution is -1.75. The number of nitrogens with zero attached hydrogens (tertiary/aromatic N) is 4. The van der Waals surface area contributed by atoms with Crippen molar-refractivity contribution < 1.29 is 0 Å². The summed E-state index contributed by atoms with van der Waals surface area (Å²) < 4.78 is 0. The first-order valence-electron chi connectivity index (χ1n) is 4.93. The van der Waals surface area contributed by atoms with E-state index in [0.717, 1.165) is 22.4 Å². The van der Waals surface area contributed by atoms with Gasteiger partial charge < -0.3 is 4.98 Å². The van der Waals surface area contributed by atoms with Crippen LogP contribution in [0.5, 0.6) is 0 Å². The third-order valence-corrected chi connectivity index (χ3v) is 2.18. The van der Waals surface area contributed by atoms with Gasteiger partial charge in [0.05, 0.1) is 11.0 Å². The van der Waals surface area contributed by atoms with Crippen LogP contribution in [0.3, 0.4) is 0 Å². The lowest BCUT2D eigenvalue weighted by Gasteiger charge is -1.92. The average Bonchev–Trinajstić information content (AvgIpc) is 2.64. The fourth-order valence-electron chi connectivity index (χ4n) is 1.53. The molecule has 1 aromatic heterocycles. The zero-order valence-electron chi connectivity index (χ0n) is 8.88. The SMILES string of the molecule is Cc1nc2ccc(C=CCN=[N+]=[N-])cc2[nH]1. The van der Waals surface area contributed by atoms with Crippen LogP contribution in [0.15, 0.2) is 29.4 Å². The van der Waals surface area contributed by atoms with Crippen LogP contribution >= 0.6 is 0 Å². The van der Waals surface area contributed by atoms with Gasteiger partial charge in [-0.3, -0.25) is 0 Å². The summed E-state index contributed by atoms with van der Waals surface area (Å²) in [5, 5.41) is 3.43. The topological polar surface area (TPSA) is 77.4 Å². The van der Waals surface area contributed by atoms with Gasteiger partial charge in [0.25, 0.3) is 0 Å². The van der Waals surface area contributed by atoms with Crippen molar-refractivity contribution in [1.82, 2.24) is 9.97 Å². The zero-order valence-corrected chi connectivity index (χ0v) is 8.88. The lowest BCUT2D eigenvalue weighted by atomic mass is 10.2. The molecule has 1 N–H and O–H groups in total. The summed E-state index contributed by atoms with van der Waals surface area (Å²) in [7, 11) is 0. The van der Waals surface area contributed by atoms with E-state index >= 15 is 0 Å². The largest absolute Gasteiger partial charge is 0.342 e. The van der Waals surface area contributed by atoms with Gasteiger partial charge >= 0.3 is 0 Å².